The molecule has 1 aromatic rings. The van der Waals surface area contributed by atoms with Gasteiger partial charge in [-0.25, -0.2) is 0 Å². The topological polar surface area (TPSA) is 21.3 Å². The van der Waals surface area contributed by atoms with Crippen molar-refractivity contribution in [1.82, 2.24) is 5.32 Å². The number of hydrogen-bond acceptors (Lipinski definition) is 2. The first-order valence-electron chi connectivity index (χ1n) is 6.91. The lowest BCUT2D eigenvalue weighted by Crippen LogP contribution is -2.30. The van der Waals surface area contributed by atoms with Gasteiger partial charge in [0.1, 0.15) is 5.75 Å². The first-order chi connectivity index (χ1) is 8.79. The Balaban J connectivity index is 0.00000180. The predicted molar refractivity (Wildman–Crippen MR) is 86.5 cm³/mol. The van der Waals surface area contributed by atoms with Crippen molar-refractivity contribution in [1.29, 1.82) is 0 Å². The number of hydrogen-bond donors (Lipinski definition) is 1. The Bertz CT molecular complexity index is 380. The van der Waals surface area contributed by atoms with Crippen LogP contribution < -0.4 is 10.1 Å². The van der Waals surface area contributed by atoms with Gasteiger partial charge < -0.3 is 10.1 Å². The van der Waals surface area contributed by atoms with Gasteiger partial charge in [0, 0.05) is 4.47 Å². The molecule has 19 heavy (non-hydrogen) atoms. The molecule has 2 rings (SSSR count). The highest BCUT2D eigenvalue weighted by molar-refractivity contribution is 9.10. The maximum atomic E-state index is 5.94. The average Bonchev–Trinajstić information content (AvgIpc) is 2.41. The van der Waals surface area contributed by atoms with Gasteiger partial charge in [-0.1, -0.05) is 22.9 Å². The molecule has 1 aliphatic rings. The molecule has 0 radical (unpaired) electrons. The number of rotatable bonds is 5. The number of ether oxygens (including phenoxy) is 1. The van der Waals surface area contributed by atoms with E-state index in [1.807, 2.05) is 0 Å². The second-order valence-corrected chi connectivity index (χ2v) is 5.87. The van der Waals surface area contributed by atoms with Crippen molar-refractivity contribution in [2.24, 2.45) is 5.92 Å². The van der Waals surface area contributed by atoms with E-state index >= 15 is 0 Å². The standard InChI is InChI=1S/C15H22BrNO.ClH/c1-2-13-10-14(16)5-6-15(13)18-9-7-12-4-3-8-17-11-12;/h5-6,10,12,17H,2-4,7-9,11H2,1H3;1H. The van der Waals surface area contributed by atoms with Gasteiger partial charge in [0.15, 0.2) is 0 Å². The summed E-state index contributed by atoms with van der Waals surface area (Å²) in [7, 11) is 0. The number of halogens is 2. The number of benzene rings is 1. The van der Waals surface area contributed by atoms with Crippen LogP contribution in [-0.4, -0.2) is 19.7 Å². The summed E-state index contributed by atoms with van der Waals surface area (Å²) in [5.41, 5.74) is 1.28. The van der Waals surface area contributed by atoms with Crippen LogP contribution in [-0.2, 0) is 6.42 Å². The lowest BCUT2D eigenvalue weighted by Gasteiger charge is -2.22. The lowest BCUT2D eigenvalue weighted by molar-refractivity contribution is 0.252. The van der Waals surface area contributed by atoms with Crippen molar-refractivity contribution in [2.75, 3.05) is 19.7 Å². The minimum absolute atomic E-state index is 0. The summed E-state index contributed by atoms with van der Waals surface area (Å²) in [6.07, 6.45) is 4.83. The summed E-state index contributed by atoms with van der Waals surface area (Å²) >= 11 is 3.50. The van der Waals surface area contributed by atoms with Crippen LogP contribution in [0.4, 0.5) is 0 Å². The SMILES string of the molecule is CCc1cc(Br)ccc1OCCC1CCCNC1.Cl. The van der Waals surface area contributed by atoms with Crippen LogP contribution >= 0.6 is 28.3 Å². The Morgan fingerprint density at radius 2 is 2.26 bits per heavy atom. The third kappa shape index (κ3) is 5.33. The number of aryl methyl sites for hydroxylation is 1. The van der Waals surface area contributed by atoms with Gasteiger partial charge in [0.2, 0.25) is 0 Å². The first-order valence-corrected chi connectivity index (χ1v) is 7.71. The van der Waals surface area contributed by atoms with Gasteiger partial charge in [-0.15, -0.1) is 12.4 Å². The molecule has 0 spiro atoms. The molecule has 1 N–H and O–H groups in total. The summed E-state index contributed by atoms with van der Waals surface area (Å²) in [4.78, 5) is 0. The van der Waals surface area contributed by atoms with Crippen LogP contribution in [0.5, 0.6) is 5.75 Å². The van der Waals surface area contributed by atoms with Crippen LogP contribution in [0.2, 0.25) is 0 Å². The van der Waals surface area contributed by atoms with Crippen molar-refractivity contribution >= 4 is 28.3 Å². The van der Waals surface area contributed by atoms with E-state index in [0.29, 0.717) is 0 Å². The van der Waals surface area contributed by atoms with E-state index in [0.717, 1.165) is 42.1 Å². The first kappa shape index (κ1) is 16.8. The molecule has 108 valence electrons. The Hall–Kier alpha value is -0.250. The molecular weight excluding hydrogens is 326 g/mol. The van der Waals surface area contributed by atoms with E-state index in [4.69, 9.17) is 4.74 Å². The monoisotopic (exact) mass is 347 g/mol. The molecule has 1 saturated heterocycles. The van der Waals surface area contributed by atoms with E-state index in [-0.39, 0.29) is 12.4 Å². The molecular formula is C15H23BrClNO. The molecule has 0 aromatic heterocycles. The van der Waals surface area contributed by atoms with Gasteiger partial charge in [0.05, 0.1) is 6.61 Å². The second kappa shape index (κ2) is 8.83. The van der Waals surface area contributed by atoms with Gasteiger partial charge in [-0.3, -0.25) is 0 Å². The Labute approximate surface area is 130 Å². The zero-order valence-electron chi connectivity index (χ0n) is 11.5. The van der Waals surface area contributed by atoms with E-state index in [2.05, 4.69) is 46.4 Å². The Morgan fingerprint density at radius 3 is 2.95 bits per heavy atom. The van der Waals surface area contributed by atoms with Gasteiger partial charge in [0.25, 0.3) is 0 Å². The lowest BCUT2D eigenvalue weighted by atomic mass is 9.97. The molecule has 1 heterocycles. The van der Waals surface area contributed by atoms with E-state index in [9.17, 15) is 0 Å². The maximum Gasteiger partial charge on any atom is 0.122 e. The highest BCUT2D eigenvalue weighted by Crippen LogP contribution is 2.24. The molecule has 2 nitrogen and oxygen atoms in total. The van der Waals surface area contributed by atoms with Crippen LogP contribution in [0.15, 0.2) is 22.7 Å². The van der Waals surface area contributed by atoms with Crippen molar-refractivity contribution in [3.8, 4) is 5.75 Å². The van der Waals surface area contributed by atoms with Crippen molar-refractivity contribution in [3.63, 3.8) is 0 Å². The van der Waals surface area contributed by atoms with Crippen molar-refractivity contribution in [2.45, 2.75) is 32.6 Å². The van der Waals surface area contributed by atoms with Crippen molar-refractivity contribution < 1.29 is 4.74 Å². The molecule has 1 unspecified atom stereocenters. The Morgan fingerprint density at radius 1 is 1.42 bits per heavy atom. The summed E-state index contributed by atoms with van der Waals surface area (Å²) < 4.78 is 7.07. The summed E-state index contributed by atoms with van der Waals surface area (Å²) in [5, 5.41) is 3.45. The van der Waals surface area contributed by atoms with Crippen LogP contribution in [0, 0.1) is 5.92 Å². The Kier molecular flexibility index (Phi) is 7.81. The maximum absolute atomic E-state index is 5.94. The van der Waals surface area contributed by atoms with E-state index in [1.165, 1.54) is 24.9 Å². The molecule has 0 bridgehead atoms. The highest BCUT2D eigenvalue weighted by Gasteiger charge is 2.13. The normalized spacial score (nSPS) is 18.7. The molecule has 4 heteroatoms. The minimum atomic E-state index is 0. The highest BCUT2D eigenvalue weighted by atomic mass is 79.9. The number of piperidine rings is 1. The van der Waals surface area contributed by atoms with Crippen LogP contribution in [0.25, 0.3) is 0 Å². The zero-order chi connectivity index (χ0) is 12.8. The van der Waals surface area contributed by atoms with E-state index < -0.39 is 0 Å². The molecule has 1 aliphatic heterocycles. The second-order valence-electron chi connectivity index (χ2n) is 4.96. The summed E-state index contributed by atoms with van der Waals surface area (Å²) in [5.74, 6) is 1.84. The quantitative estimate of drug-likeness (QED) is 0.861. The largest absolute Gasteiger partial charge is 0.493 e. The molecule has 0 amide bonds. The fourth-order valence-electron chi connectivity index (χ4n) is 2.47. The zero-order valence-corrected chi connectivity index (χ0v) is 13.9. The summed E-state index contributed by atoms with van der Waals surface area (Å²) in [6.45, 7) is 5.34. The fourth-order valence-corrected chi connectivity index (χ4v) is 2.88. The number of nitrogens with one attached hydrogen (secondary N) is 1. The van der Waals surface area contributed by atoms with Gasteiger partial charge in [-0.05, 0) is 68.5 Å². The molecule has 0 aliphatic carbocycles. The minimum Gasteiger partial charge on any atom is -0.493 e. The average molecular weight is 349 g/mol. The molecule has 1 fully saturated rings. The third-order valence-corrected chi connectivity index (χ3v) is 4.08. The van der Waals surface area contributed by atoms with Gasteiger partial charge in [-0.2, -0.15) is 0 Å². The van der Waals surface area contributed by atoms with Gasteiger partial charge >= 0.3 is 0 Å². The van der Waals surface area contributed by atoms with Crippen LogP contribution in [0.1, 0.15) is 31.7 Å². The molecule has 1 aromatic carbocycles. The summed E-state index contributed by atoms with van der Waals surface area (Å²) in [6, 6.07) is 6.27. The molecule has 0 saturated carbocycles. The fraction of sp³-hybridized carbons (Fsp3) is 0.600. The van der Waals surface area contributed by atoms with Crippen LogP contribution in [0.3, 0.4) is 0 Å². The van der Waals surface area contributed by atoms with Crippen molar-refractivity contribution in [3.05, 3.63) is 28.2 Å². The predicted octanol–water partition coefficient (Wildman–Crippen LogP) is 4.20. The van der Waals surface area contributed by atoms with E-state index in [1.54, 1.807) is 0 Å². The smallest absolute Gasteiger partial charge is 0.122 e. The third-order valence-electron chi connectivity index (χ3n) is 3.59. The molecule has 1 atom stereocenters.